The van der Waals surface area contributed by atoms with Crippen LogP contribution in [-0.4, -0.2) is 110 Å². The molecule has 2 rings (SSSR count). The van der Waals surface area contributed by atoms with Crippen LogP contribution in [0.3, 0.4) is 0 Å². The second kappa shape index (κ2) is 14.9. The lowest BCUT2D eigenvalue weighted by Gasteiger charge is -2.42. The molecule has 11 nitrogen and oxygen atoms in total. The Morgan fingerprint density at radius 1 is 0.821 bits per heavy atom. The number of carbonyl (C=O) groups excluding carboxylic acids is 2. The van der Waals surface area contributed by atoms with Crippen molar-refractivity contribution in [2.45, 2.75) is 66.7 Å². The Labute approximate surface area is 301 Å². The van der Waals surface area contributed by atoms with E-state index >= 15 is 0 Å². The highest BCUT2D eigenvalue weighted by molar-refractivity contribution is 7.90. The van der Waals surface area contributed by atoms with E-state index in [9.17, 15) is 103 Å². The number of aliphatic imine (C=N–C) groups is 1. The van der Waals surface area contributed by atoms with Crippen LogP contribution in [0.1, 0.15) is 25.3 Å². The SMILES string of the molecule is COC(=O)C1C(C)=NC(C)=C(C(=O)OCCN(C)S(=O)(=O)C(F)(F)C(F)(F)C(F)(F)C(F)(F)C(F)(F)C(F)(F)C(F)(F)C(F)(F)F)C1c1cccc([N+](=O)[O-])c1. The van der Waals surface area contributed by atoms with Gasteiger partial charge in [0.15, 0.2) is 0 Å². The van der Waals surface area contributed by atoms with Gasteiger partial charge in [-0.3, -0.25) is 19.9 Å². The molecule has 1 aliphatic heterocycles. The number of likely N-dealkylation sites (N-methyl/N-ethyl adjacent to an activating group) is 1. The van der Waals surface area contributed by atoms with Crippen LogP contribution in [0.25, 0.3) is 0 Å². The molecule has 0 spiro atoms. The lowest BCUT2D eigenvalue weighted by molar-refractivity contribution is -0.458. The zero-order valence-corrected chi connectivity index (χ0v) is 28.6. The minimum atomic E-state index is -9.01. The summed E-state index contributed by atoms with van der Waals surface area (Å²) in [4.78, 5) is 40.3. The van der Waals surface area contributed by atoms with Crippen molar-refractivity contribution < 1.29 is 107 Å². The Balaban J connectivity index is 2.49. The zero-order valence-electron chi connectivity index (χ0n) is 27.8. The average Bonchev–Trinajstić information content (AvgIpc) is 3.06. The fraction of sp³-hybridized carbons (Fsp3) is 0.593. The number of ether oxygens (including phenoxy) is 2. The number of methoxy groups -OCH3 is 1. The highest BCUT2D eigenvalue weighted by Crippen LogP contribution is 2.64. The predicted octanol–water partition coefficient (Wildman–Crippen LogP) is 6.99. The number of esters is 2. The predicted molar refractivity (Wildman–Crippen MR) is 150 cm³/mol. The Morgan fingerprint density at radius 3 is 1.73 bits per heavy atom. The van der Waals surface area contributed by atoms with Gasteiger partial charge in [-0.1, -0.05) is 12.1 Å². The fourth-order valence-electron chi connectivity index (χ4n) is 4.90. The molecule has 1 aromatic carbocycles. The van der Waals surface area contributed by atoms with Gasteiger partial charge in [0, 0.05) is 43.1 Å². The molecule has 29 heteroatoms. The minimum absolute atomic E-state index is 0.0608. The standard InChI is InChI=1S/C27H22F17N3O8S/c1-11-15(18(48)54-4)17(13-6-5-7-14(10-13)47(50)51)16(12(2)45-11)19(49)55-9-8-46(3)56(52,53)27(43,44)25(38,39)23(34,35)21(30,31)20(28,29)22(32,33)24(36,37)26(40,41)42/h5-7,10,15,17H,8-9H2,1-4H3. The van der Waals surface area contributed by atoms with Gasteiger partial charge in [0.05, 0.1) is 17.6 Å². The Morgan fingerprint density at radius 2 is 1.29 bits per heavy atom. The molecule has 56 heavy (non-hydrogen) atoms. The van der Waals surface area contributed by atoms with E-state index in [0.717, 1.165) is 38.3 Å². The maximum Gasteiger partial charge on any atom is 0.460 e. The number of benzene rings is 1. The van der Waals surface area contributed by atoms with E-state index in [-0.39, 0.29) is 24.0 Å². The molecular weight excluding hydrogens is 849 g/mol. The number of nitro benzene ring substituents is 1. The van der Waals surface area contributed by atoms with Crippen molar-refractivity contribution in [3.63, 3.8) is 0 Å². The summed E-state index contributed by atoms with van der Waals surface area (Å²) in [5.41, 5.74) is -1.80. The summed E-state index contributed by atoms with van der Waals surface area (Å²) in [5, 5.41) is 3.52. The minimum Gasteiger partial charge on any atom is -0.468 e. The van der Waals surface area contributed by atoms with E-state index in [1.807, 2.05) is 0 Å². The number of hydrogen-bond acceptors (Lipinski definition) is 9. The first-order valence-electron chi connectivity index (χ1n) is 14.3. The van der Waals surface area contributed by atoms with Crippen molar-refractivity contribution in [2.75, 3.05) is 27.3 Å². The maximum atomic E-state index is 14.6. The Hall–Kier alpha value is -4.31. The molecule has 0 radical (unpaired) electrons. The van der Waals surface area contributed by atoms with Crippen molar-refractivity contribution in [3.05, 3.63) is 51.2 Å². The summed E-state index contributed by atoms with van der Waals surface area (Å²) < 4.78 is 265. The lowest BCUT2D eigenvalue weighted by Crippen LogP contribution is -2.75. The molecule has 0 saturated heterocycles. The summed E-state index contributed by atoms with van der Waals surface area (Å²) in [6, 6.07) is 4.11. The first-order valence-corrected chi connectivity index (χ1v) is 15.7. The van der Waals surface area contributed by atoms with Gasteiger partial charge in [0.25, 0.3) is 15.7 Å². The van der Waals surface area contributed by atoms with Crippen LogP contribution in [0.15, 0.2) is 40.5 Å². The molecule has 0 aliphatic carbocycles. The van der Waals surface area contributed by atoms with Crippen molar-refractivity contribution in [1.82, 2.24) is 4.31 Å². The van der Waals surface area contributed by atoms with E-state index in [0.29, 0.717) is 0 Å². The molecule has 2 unspecified atom stereocenters. The molecule has 1 aliphatic rings. The normalized spacial score (nSPS) is 18.5. The summed E-state index contributed by atoms with van der Waals surface area (Å²) in [5.74, 6) is -58.5. The van der Waals surface area contributed by atoms with Gasteiger partial charge in [-0.05, 0) is 19.4 Å². The number of nitro groups is 1. The Kier molecular flexibility index (Phi) is 12.7. The maximum absolute atomic E-state index is 14.6. The largest absolute Gasteiger partial charge is 0.468 e. The molecule has 0 bridgehead atoms. The summed E-state index contributed by atoms with van der Waals surface area (Å²) >= 11 is 0. The monoisotopic (exact) mass is 871 g/mol. The number of sulfonamides is 1. The zero-order chi connectivity index (χ0) is 44.2. The van der Waals surface area contributed by atoms with E-state index in [1.165, 1.54) is 6.92 Å². The number of carbonyl (C=O) groups is 2. The molecule has 1 heterocycles. The topological polar surface area (TPSA) is 145 Å². The number of allylic oxidation sites excluding steroid dienone is 1. The number of rotatable bonds is 15. The number of alkyl halides is 17. The third kappa shape index (κ3) is 7.22. The van der Waals surface area contributed by atoms with Gasteiger partial charge in [-0.15, -0.1) is 0 Å². The first kappa shape index (κ1) is 47.8. The second-order valence-electron chi connectivity index (χ2n) is 11.5. The van der Waals surface area contributed by atoms with Gasteiger partial charge < -0.3 is 9.47 Å². The lowest BCUT2D eigenvalue weighted by atomic mass is 9.75. The number of nitrogens with zero attached hydrogens (tertiary/aromatic N) is 3. The number of non-ortho nitro benzene ring substituents is 1. The van der Waals surface area contributed by atoms with Crippen LogP contribution in [-0.2, 0) is 29.1 Å². The van der Waals surface area contributed by atoms with E-state index in [1.54, 1.807) is 0 Å². The molecule has 0 fully saturated rings. The van der Waals surface area contributed by atoms with Gasteiger partial charge in [-0.25, -0.2) is 13.2 Å². The highest BCUT2D eigenvalue weighted by atomic mass is 32.2. The number of halogens is 17. The van der Waals surface area contributed by atoms with Crippen LogP contribution >= 0.6 is 0 Å². The third-order valence-corrected chi connectivity index (χ3v) is 9.92. The van der Waals surface area contributed by atoms with E-state index in [4.69, 9.17) is 4.74 Å². The van der Waals surface area contributed by atoms with Gasteiger partial charge in [0.1, 0.15) is 12.5 Å². The first-order chi connectivity index (χ1) is 24.9. The van der Waals surface area contributed by atoms with E-state index < -0.39 is 114 Å². The molecule has 2 atom stereocenters. The molecule has 0 amide bonds. The molecule has 318 valence electrons. The van der Waals surface area contributed by atoms with Gasteiger partial charge in [0.2, 0.25) is 0 Å². The van der Waals surface area contributed by atoms with Crippen LogP contribution < -0.4 is 0 Å². The van der Waals surface area contributed by atoms with Crippen LogP contribution in [0.5, 0.6) is 0 Å². The molecule has 0 saturated carbocycles. The molecule has 0 aromatic heterocycles. The highest BCUT2D eigenvalue weighted by Gasteiger charge is 2.96. The van der Waals surface area contributed by atoms with Crippen LogP contribution in [0, 0.1) is 16.0 Å². The van der Waals surface area contributed by atoms with Gasteiger partial charge >= 0.3 is 58.9 Å². The second-order valence-corrected chi connectivity index (χ2v) is 13.6. The van der Waals surface area contributed by atoms with Crippen molar-refractivity contribution in [2.24, 2.45) is 10.9 Å². The van der Waals surface area contributed by atoms with E-state index in [2.05, 4.69) is 9.73 Å². The summed E-state index contributed by atoms with van der Waals surface area (Å²) in [6.07, 6.45) is -7.97. The molecular formula is C27H22F17N3O8S. The average molecular weight is 872 g/mol. The van der Waals surface area contributed by atoms with Crippen LogP contribution in [0.4, 0.5) is 80.3 Å². The number of hydrogen-bond donors (Lipinski definition) is 0. The van der Waals surface area contributed by atoms with Gasteiger partial charge in [-0.2, -0.15) is 78.9 Å². The summed E-state index contributed by atoms with van der Waals surface area (Å²) in [6.45, 7) is -1.14. The van der Waals surface area contributed by atoms with Crippen molar-refractivity contribution in [3.8, 4) is 0 Å². The van der Waals surface area contributed by atoms with Crippen molar-refractivity contribution in [1.29, 1.82) is 0 Å². The van der Waals surface area contributed by atoms with Crippen molar-refractivity contribution >= 4 is 33.4 Å². The quantitative estimate of drug-likeness (QED) is 0.0795. The van der Waals surface area contributed by atoms with Crippen LogP contribution in [0.2, 0.25) is 0 Å². The third-order valence-electron chi connectivity index (χ3n) is 8.01. The smallest absolute Gasteiger partial charge is 0.460 e. The Bertz CT molecular complexity index is 1900. The summed E-state index contributed by atoms with van der Waals surface area (Å²) in [7, 11) is -7.04. The molecule has 0 N–H and O–H groups in total. The fourth-order valence-corrected chi connectivity index (χ4v) is 6.06. The molecule has 1 aromatic rings.